The van der Waals surface area contributed by atoms with Crippen molar-refractivity contribution in [3.8, 4) is 11.1 Å². The number of allylic oxidation sites excluding steroid dienone is 1. The van der Waals surface area contributed by atoms with Crippen LogP contribution in [-0.2, 0) is 23.9 Å². The number of amides is 1. The number of rotatable bonds is 13. The van der Waals surface area contributed by atoms with Crippen molar-refractivity contribution in [1.29, 1.82) is 0 Å². The van der Waals surface area contributed by atoms with E-state index < -0.39 is 11.5 Å². The molecule has 0 spiro atoms. The van der Waals surface area contributed by atoms with Crippen molar-refractivity contribution >= 4 is 17.8 Å². The molecule has 1 amide bonds. The Kier molecular flexibility index (Phi) is 11.6. The summed E-state index contributed by atoms with van der Waals surface area (Å²) < 4.78 is 11.2. The third kappa shape index (κ3) is 8.80. The molecule has 0 fully saturated rings. The van der Waals surface area contributed by atoms with Gasteiger partial charge in [-0.15, -0.1) is 0 Å². The standard InChI is InChI=1S/C36H49NO5/c1-9-23(2)33(24(3)15-14-16-25(4)35(40)42-36(6,7)8)37-34(39)26(5)21-32(38)41-22-31-29-19-12-10-17-27(29)28-18-11-13-20-30(28)31/h10-13,16-20,23-24,26,31,33H,9,14-15,21-22H2,1-8H3,(H,37,39)/b25-16+/t23-,24-,26-,33+/m0/s1. The zero-order valence-corrected chi connectivity index (χ0v) is 26.7. The van der Waals surface area contributed by atoms with Crippen LogP contribution in [0, 0.1) is 17.8 Å². The SMILES string of the molecule is CC[C@H](C)[C@@H](NC(=O)[C@@H](C)CC(=O)OCC1c2ccccc2-c2ccccc21)[C@@H](C)CC/C=C(\C)C(=O)OC(C)(C)C. The van der Waals surface area contributed by atoms with Crippen LogP contribution < -0.4 is 5.32 Å². The van der Waals surface area contributed by atoms with Gasteiger partial charge in [0.2, 0.25) is 5.91 Å². The normalized spacial score (nSPS) is 16.0. The first kappa shape index (κ1) is 33.1. The largest absolute Gasteiger partial charge is 0.465 e. The first-order valence-electron chi connectivity index (χ1n) is 15.4. The molecule has 0 heterocycles. The van der Waals surface area contributed by atoms with Gasteiger partial charge in [-0.25, -0.2) is 4.79 Å². The maximum atomic E-state index is 13.2. The van der Waals surface area contributed by atoms with Gasteiger partial charge < -0.3 is 14.8 Å². The third-order valence-electron chi connectivity index (χ3n) is 8.27. The molecule has 0 aliphatic heterocycles. The number of benzene rings is 2. The molecular weight excluding hydrogens is 526 g/mol. The lowest BCUT2D eigenvalue weighted by Gasteiger charge is -2.31. The minimum Gasteiger partial charge on any atom is -0.465 e. The molecule has 1 aliphatic carbocycles. The van der Waals surface area contributed by atoms with E-state index in [1.54, 1.807) is 13.8 Å². The summed E-state index contributed by atoms with van der Waals surface area (Å²) in [6.45, 7) is 15.8. The predicted molar refractivity (Wildman–Crippen MR) is 168 cm³/mol. The Morgan fingerprint density at radius 1 is 0.929 bits per heavy atom. The number of carbonyl (C=O) groups is 3. The second-order valence-corrected chi connectivity index (χ2v) is 12.9. The van der Waals surface area contributed by atoms with Crippen LogP contribution in [0.2, 0.25) is 0 Å². The van der Waals surface area contributed by atoms with Crippen molar-refractivity contribution in [2.24, 2.45) is 17.8 Å². The summed E-state index contributed by atoms with van der Waals surface area (Å²) in [6.07, 6.45) is 4.39. The summed E-state index contributed by atoms with van der Waals surface area (Å²) in [4.78, 5) is 38.3. The average Bonchev–Trinajstić information content (AvgIpc) is 3.26. The molecule has 228 valence electrons. The summed E-state index contributed by atoms with van der Waals surface area (Å²) in [5, 5.41) is 3.23. The zero-order valence-electron chi connectivity index (χ0n) is 26.7. The number of fused-ring (bicyclic) bond motifs is 3. The molecule has 4 atom stereocenters. The van der Waals surface area contributed by atoms with Crippen molar-refractivity contribution in [3.05, 3.63) is 71.3 Å². The number of hydrogen-bond acceptors (Lipinski definition) is 5. The molecule has 42 heavy (non-hydrogen) atoms. The van der Waals surface area contributed by atoms with E-state index in [0.29, 0.717) is 12.0 Å². The van der Waals surface area contributed by atoms with Crippen LogP contribution in [0.25, 0.3) is 11.1 Å². The Morgan fingerprint density at radius 2 is 1.50 bits per heavy atom. The first-order valence-corrected chi connectivity index (χ1v) is 15.4. The molecule has 1 N–H and O–H groups in total. The maximum absolute atomic E-state index is 13.2. The molecule has 0 radical (unpaired) electrons. The minimum absolute atomic E-state index is 0.00544. The molecule has 6 nitrogen and oxygen atoms in total. The highest BCUT2D eigenvalue weighted by molar-refractivity contribution is 5.88. The summed E-state index contributed by atoms with van der Waals surface area (Å²) in [5.74, 6) is -0.863. The monoisotopic (exact) mass is 575 g/mol. The fraction of sp³-hybridized carbons (Fsp3) is 0.528. The second kappa shape index (κ2) is 14.7. The van der Waals surface area contributed by atoms with Crippen LogP contribution in [0.4, 0.5) is 0 Å². The fourth-order valence-corrected chi connectivity index (χ4v) is 5.61. The lowest BCUT2D eigenvalue weighted by molar-refractivity contribution is -0.150. The van der Waals surface area contributed by atoms with Crippen molar-refractivity contribution in [3.63, 3.8) is 0 Å². The number of carbonyl (C=O) groups excluding carboxylic acids is 3. The van der Waals surface area contributed by atoms with Gasteiger partial charge in [0.1, 0.15) is 12.2 Å². The van der Waals surface area contributed by atoms with Gasteiger partial charge >= 0.3 is 11.9 Å². The van der Waals surface area contributed by atoms with Crippen LogP contribution >= 0.6 is 0 Å². The Hall–Kier alpha value is -3.41. The molecule has 0 saturated carbocycles. The van der Waals surface area contributed by atoms with Gasteiger partial charge in [0.05, 0.1) is 6.42 Å². The number of esters is 2. The molecule has 0 aromatic heterocycles. The average molecular weight is 576 g/mol. The minimum atomic E-state index is -0.526. The Bertz CT molecular complexity index is 1230. The van der Waals surface area contributed by atoms with E-state index in [0.717, 1.165) is 12.8 Å². The summed E-state index contributed by atoms with van der Waals surface area (Å²) >= 11 is 0. The molecule has 0 saturated heterocycles. The topological polar surface area (TPSA) is 81.7 Å². The summed E-state index contributed by atoms with van der Waals surface area (Å²) in [7, 11) is 0. The van der Waals surface area contributed by atoms with Crippen molar-refractivity contribution < 1.29 is 23.9 Å². The molecule has 3 rings (SSSR count). The fourth-order valence-electron chi connectivity index (χ4n) is 5.61. The van der Waals surface area contributed by atoms with Gasteiger partial charge in [0, 0.05) is 23.5 Å². The van der Waals surface area contributed by atoms with E-state index in [4.69, 9.17) is 9.47 Å². The molecule has 1 aliphatic rings. The van der Waals surface area contributed by atoms with Crippen LogP contribution in [0.3, 0.4) is 0 Å². The zero-order chi connectivity index (χ0) is 31.0. The molecule has 0 unspecified atom stereocenters. The number of ether oxygens (including phenoxy) is 2. The van der Waals surface area contributed by atoms with Crippen LogP contribution in [0.1, 0.15) is 98.1 Å². The van der Waals surface area contributed by atoms with E-state index in [9.17, 15) is 14.4 Å². The van der Waals surface area contributed by atoms with E-state index in [1.807, 2.05) is 51.1 Å². The van der Waals surface area contributed by atoms with Gasteiger partial charge in [0.15, 0.2) is 0 Å². The summed E-state index contributed by atoms with van der Waals surface area (Å²) in [6, 6.07) is 16.4. The van der Waals surface area contributed by atoms with Crippen molar-refractivity contribution in [2.45, 2.75) is 98.6 Å². The highest BCUT2D eigenvalue weighted by atomic mass is 16.6. The molecule has 0 bridgehead atoms. The van der Waals surface area contributed by atoms with Gasteiger partial charge in [-0.1, -0.05) is 88.7 Å². The Balaban J connectivity index is 1.53. The van der Waals surface area contributed by atoms with E-state index in [-0.39, 0.29) is 54.7 Å². The highest BCUT2D eigenvalue weighted by Crippen LogP contribution is 2.44. The van der Waals surface area contributed by atoms with E-state index >= 15 is 0 Å². The Morgan fingerprint density at radius 3 is 2.05 bits per heavy atom. The Labute approximate surface area is 252 Å². The van der Waals surface area contributed by atoms with Gasteiger partial charge in [0.25, 0.3) is 0 Å². The predicted octanol–water partition coefficient (Wildman–Crippen LogP) is 7.60. The van der Waals surface area contributed by atoms with E-state index in [2.05, 4.69) is 50.4 Å². The second-order valence-electron chi connectivity index (χ2n) is 12.9. The lowest BCUT2D eigenvalue weighted by Crippen LogP contribution is -2.46. The van der Waals surface area contributed by atoms with Gasteiger partial charge in [-0.05, 0) is 74.6 Å². The first-order chi connectivity index (χ1) is 19.8. The smallest absolute Gasteiger partial charge is 0.333 e. The third-order valence-corrected chi connectivity index (χ3v) is 8.27. The van der Waals surface area contributed by atoms with E-state index in [1.165, 1.54) is 22.3 Å². The summed E-state index contributed by atoms with van der Waals surface area (Å²) in [5.41, 5.74) is 4.77. The lowest BCUT2D eigenvalue weighted by atomic mass is 9.85. The van der Waals surface area contributed by atoms with Crippen molar-refractivity contribution in [2.75, 3.05) is 6.61 Å². The number of nitrogens with one attached hydrogen (secondary N) is 1. The highest BCUT2D eigenvalue weighted by Gasteiger charge is 2.30. The van der Waals surface area contributed by atoms with Crippen LogP contribution in [0.5, 0.6) is 0 Å². The van der Waals surface area contributed by atoms with Gasteiger partial charge in [-0.3, -0.25) is 9.59 Å². The molecule has 6 heteroatoms. The molecule has 2 aromatic carbocycles. The molecule has 2 aromatic rings. The maximum Gasteiger partial charge on any atom is 0.333 e. The quantitative estimate of drug-likeness (QED) is 0.196. The van der Waals surface area contributed by atoms with Gasteiger partial charge in [-0.2, -0.15) is 0 Å². The molecular formula is C36H49NO5. The number of hydrogen-bond donors (Lipinski definition) is 1. The van der Waals surface area contributed by atoms with Crippen molar-refractivity contribution in [1.82, 2.24) is 5.32 Å². The van der Waals surface area contributed by atoms with Crippen LogP contribution in [-0.4, -0.2) is 36.1 Å². The van der Waals surface area contributed by atoms with Crippen LogP contribution in [0.15, 0.2) is 60.2 Å².